The van der Waals surface area contributed by atoms with Crippen LogP contribution in [0.25, 0.3) is 0 Å². The number of hydrogen-bond acceptors (Lipinski definition) is 5. The first-order valence-corrected chi connectivity index (χ1v) is 11.6. The van der Waals surface area contributed by atoms with Crippen molar-refractivity contribution in [3.8, 4) is 0 Å². The van der Waals surface area contributed by atoms with Crippen LogP contribution in [0.15, 0.2) is 30.3 Å². The van der Waals surface area contributed by atoms with Gasteiger partial charge < -0.3 is 19.5 Å². The molecule has 6 nitrogen and oxygen atoms in total. The number of carbonyl (C=O) groups excluding carboxylic acids is 2. The van der Waals surface area contributed by atoms with Crippen LogP contribution in [0.4, 0.5) is 26.3 Å². The van der Waals surface area contributed by atoms with Crippen molar-refractivity contribution < 1.29 is 50.1 Å². The average Bonchev–Trinajstić information content (AvgIpc) is 2.76. The molecule has 200 valence electrons. The van der Waals surface area contributed by atoms with Gasteiger partial charge in [0.05, 0.1) is 24.9 Å². The third kappa shape index (κ3) is 5.20. The van der Waals surface area contributed by atoms with Crippen molar-refractivity contribution in [3.63, 3.8) is 0 Å². The minimum absolute atomic E-state index is 0.0383. The molecule has 1 N–H and O–H groups in total. The number of rotatable bonds is 8. The molecule has 6 atom stereocenters. The topological polar surface area (TPSA) is 73.9 Å². The fourth-order valence-corrected chi connectivity index (χ4v) is 6.78. The molecule has 1 aromatic carbocycles. The number of amides is 1. The Hall–Kier alpha value is -2.34. The summed E-state index contributed by atoms with van der Waals surface area (Å²) in [6, 6.07) is 6.40. The number of benzene rings is 1. The Morgan fingerprint density at radius 2 is 1.72 bits per heavy atom. The number of nitrogens with one attached hydrogen (secondary N) is 1. The van der Waals surface area contributed by atoms with Gasteiger partial charge in [-0.1, -0.05) is 30.3 Å². The van der Waals surface area contributed by atoms with Crippen LogP contribution in [0, 0.1) is 17.8 Å². The number of esters is 1. The van der Waals surface area contributed by atoms with Gasteiger partial charge in [0.25, 0.3) is 0 Å². The SMILES string of the molecule is COCCO[C@@]12C[C@H]3C[C@@H](C1)[C@H]([C@@H](NC(=O)C(F)(F)F)c1ccccc1)[C@](OC(=O)C(F)(F)F)(C3)C2. The van der Waals surface area contributed by atoms with Crippen molar-refractivity contribution in [1.29, 1.82) is 0 Å². The van der Waals surface area contributed by atoms with Crippen LogP contribution in [0.2, 0.25) is 0 Å². The summed E-state index contributed by atoms with van der Waals surface area (Å²) < 4.78 is 96.2. The molecule has 1 aromatic rings. The van der Waals surface area contributed by atoms with Gasteiger partial charge in [0.15, 0.2) is 0 Å². The minimum atomic E-state index is -5.30. The van der Waals surface area contributed by atoms with E-state index in [1.54, 1.807) is 18.2 Å². The molecule has 12 heteroatoms. The Kier molecular flexibility index (Phi) is 7.06. The number of ether oxygens (including phenoxy) is 3. The molecule has 0 saturated heterocycles. The molecule has 4 bridgehead atoms. The van der Waals surface area contributed by atoms with Crippen molar-refractivity contribution in [2.45, 2.75) is 61.7 Å². The van der Waals surface area contributed by atoms with Crippen molar-refractivity contribution in [2.75, 3.05) is 20.3 Å². The Morgan fingerprint density at radius 1 is 1.03 bits per heavy atom. The summed E-state index contributed by atoms with van der Waals surface area (Å²) in [5.41, 5.74) is -2.39. The molecule has 0 aliphatic heterocycles. The second kappa shape index (κ2) is 9.51. The van der Waals surface area contributed by atoms with Gasteiger partial charge in [0.2, 0.25) is 0 Å². The molecule has 1 amide bonds. The summed E-state index contributed by atoms with van der Waals surface area (Å²) in [5.74, 6) is -6.24. The van der Waals surface area contributed by atoms with Gasteiger partial charge in [-0.3, -0.25) is 4.79 Å². The van der Waals surface area contributed by atoms with Gasteiger partial charge >= 0.3 is 24.2 Å². The molecule has 0 spiro atoms. The summed E-state index contributed by atoms with van der Waals surface area (Å²) in [4.78, 5) is 24.2. The van der Waals surface area contributed by atoms with E-state index in [-0.39, 0.29) is 37.5 Å². The van der Waals surface area contributed by atoms with Gasteiger partial charge in [0, 0.05) is 19.4 Å². The Labute approximate surface area is 203 Å². The largest absolute Gasteiger partial charge is 0.490 e. The molecular formula is C24H27F6NO5. The maximum Gasteiger partial charge on any atom is 0.490 e. The van der Waals surface area contributed by atoms with Crippen LogP contribution in [0.3, 0.4) is 0 Å². The van der Waals surface area contributed by atoms with E-state index in [2.05, 4.69) is 0 Å². The second-order valence-corrected chi connectivity index (χ2v) is 10.0. The van der Waals surface area contributed by atoms with E-state index in [9.17, 15) is 35.9 Å². The van der Waals surface area contributed by atoms with E-state index >= 15 is 0 Å². The van der Waals surface area contributed by atoms with Crippen LogP contribution in [-0.2, 0) is 23.8 Å². The molecule has 4 fully saturated rings. The maximum atomic E-state index is 13.4. The fraction of sp³-hybridized carbons (Fsp3) is 0.667. The summed E-state index contributed by atoms with van der Waals surface area (Å²) in [7, 11) is 1.47. The second-order valence-electron chi connectivity index (χ2n) is 10.0. The highest BCUT2D eigenvalue weighted by Crippen LogP contribution is 2.65. The normalized spacial score (nSPS) is 32.2. The van der Waals surface area contributed by atoms with Crippen LogP contribution in [0.5, 0.6) is 0 Å². The highest BCUT2D eigenvalue weighted by molar-refractivity contribution is 5.82. The van der Waals surface area contributed by atoms with Gasteiger partial charge in [-0.05, 0) is 43.1 Å². The predicted octanol–water partition coefficient (Wildman–Crippen LogP) is 4.49. The minimum Gasteiger partial charge on any atom is -0.452 e. The number of hydrogen-bond donors (Lipinski definition) is 1. The smallest absolute Gasteiger partial charge is 0.452 e. The molecule has 4 aliphatic rings. The van der Waals surface area contributed by atoms with E-state index in [1.807, 2.05) is 5.32 Å². The predicted molar refractivity (Wildman–Crippen MR) is 112 cm³/mol. The quantitative estimate of drug-likeness (QED) is 0.309. The van der Waals surface area contributed by atoms with E-state index < -0.39 is 53.3 Å². The lowest BCUT2D eigenvalue weighted by Crippen LogP contribution is -2.68. The van der Waals surface area contributed by atoms with Gasteiger partial charge in [-0.25, -0.2) is 4.79 Å². The lowest BCUT2D eigenvalue weighted by Gasteiger charge is -2.65. The molecule has 0 unspecified atom stereocenters. The molecule has 4 saturated carbocycles. The standard InChI is InChI=1S/C24H27F6NO5/c1-34-7-8-35-21-10-14-9-16(12-21)17(22(11-14,13-21)36-20(33)24(28,29)30)18(15-5-3-2-4-6-15)31-19(32)23(25,26)27/h2-6,14,16-18H,7-13H2,1H3,(H,31,32)/t14-,16+,17-,18+,21+,22+/m1/s1. The number of carbonyl (C=O) groups is 2. The lowest BCUT2D eigenvalue weighted by atomic mass is 9.46. The summed E-state index contributed by atoms with van der Waals surface area (Å²) >= 11 is 0. The van der Waals surface area contributed by atoms with Crippen molar-refractivity contribution in [1.82, 2.24) is 5.32 Å². The first kappa shape index (κ1) is 26.7. The first-order chi connectivity index (χ1) is 16.8. The van der Waals surface area contributed by atoms with Crippen LogP contribution >= 0.6 is 0 Å². The number of alkyl halides is 6. The van der Waals surface area contributed by atoms with Crippen LogP contribution in [-0.4, -0.2) is 55.8 Å². The van der Waals surface area contributed by atoms with Crippen molar-refractivity contribution in [3.05, 3.63) is 35.9 Å². The molecule has 0 aromatic heterocycles. The summed E-state index contributed by atoms with van der Waals surface area (Å²) in [5, 5.41) is 2.01. The number of methoxy groups -OCH3 is 1. The van der Waals surface area contributed by atoms with Gasteiger partial charge in [0.1, 0.15) is 5.60 Å². The van der Waals surface area contributed by atoms with E-state index in [4.69, 9.17) is 14.2 Å². The molecule has 0 heterocycles. The third-order valence-electron chi connectivity index (χ3n) is 7.59. The highest BCUT2D eigenvalue weighted by Gasteiger charge is 2.68. The Morgan fingerprint density at radius 3 is 2.33 bits per heavy atom. The van der Waals surface area contributed by atoms with E-state index in [0.29, 0.717) is 19.3 Å². The molecule has 36 heavy (non-hydrogen) atoms. The zero-order chi connectivity index (χ0) is 26.4. The summed E-state index contributed by atoms with van der Waals surface area (Å²) in [6.07, 6.45) is -9.18. The lowest BCUT2D eigenvalue weighted by molar-refractivity contribution is -0.279. The van der Waals surface area contributed by atoms with E-state index in [0.717, 1.165) is 0 Å². The van der Waals surface area contributed by atoms with Crippen LogP contribution < -0.4 is 5.32 Å². The zero-order valence-corrected chi connectivity index (χ0v) is 19.5. The summed E-state index contributed by atoms with van der Waals surface area (Å²) in [6.45, 7) is 0.404. The molecular weight excluding hydrogens is 496 g/mol. The Bertz CT molecular complexity index is 970. The van der Waals surface area contributed by atoms with Crippen molar-refractivity contribution in [2.24, 2.45) is 17.8 Å². The van der Waals surface area contributed by atoms with Gasteiger partial charge in [-0.2, -0.15) is 26.3 Å². The van der Waals surface area contributed by atoms with Gasteiger partial charge in [-0.15, -0.1) is 0 Å². The molecule has 5 rings (SSSR count). The Balaban J connectivity index is 1.77. The van der Waals surface area contributed by atoms with Crippen LogP contribution in [0.1, 0.15) is 43.7 Å². The average molecular weight is 523 g/mol. The maximum absolute atomic E-state index is 13.4. The highest BCUT2D eigenvalue weighted by atomic mass is 19.4. The zero-order valence-electron chi connectivity index (χ0n) is 19.5. The first-order valence-electron chi connectivity index (χ1n) is 11.6. The molecule has 4 aliphatic carbocycles. The number of halogens is 6. The fourth-order valence-electron chi connectivity index (χ4n) is 6.78. The third-order valence-corrected chi connectivity index (χ3v) is 7.59. The van der Waals surface area contributed by atoms with Crippen molar-refractivity contribution >= 4 is 11.9 Å². The molecule has 0 radical (unpaired) electrons. The monoisotopic (exact) mass is 523 g/mol. The van der Waals surface area contributed by atoms with E-state index in [1.165, 1.54) is 19.2 Å².